The van der Waals surface area contributed by atoms with Crippen molar-refractivity contribution in [2.24, 2.45) is 0 Å². The molecule has 0 unspecified atom stereocenters. The lowest BCUT2D eigenvalue weighted by Gasteiger charge is -2.13. The molecule has 3 aromatic rings. The lowest BCUT2D eigenvalue weighted by molar-refractivity contribution is -0.137. The Morgan fingerprint density at radius 2 is 1.96 bits per heavy atom. The van der Waals surface area contributed by atoms with E-state index in [1.165, 1.54) is 24.5 Å². The minimum Gasteiger partial charge on any atom is -0.459 e. The number of aromatic nitrogens is 2. The second kappa shape index (κ2) is 6.30. The molecule has 0 saturated heterocycles. The van der Waals surface area contributed by atoms with E-state index in [9.17, 15) is 22.8 Å². The van der Waals surface area contributed by atoms with Crippen LogP contribution in [0.15, 0.2) is 56.3 Å². The van der Waals surface area contributed by atoms with Gasteiger partial charge in [-0.25, -0.2) is 4.79 Å². The number of furan rings is 1. The number of halogens is 3. The first kappa shape index (κ1) is 16.6. The van der Waals surface area contributed by atoms with Gasteiger partial charge in [-0.15, -0.1) is 5.10 Å². The number of hydrogen-bond donors (Lipinski definition) is 1. The van der Waals surface area contributed by atoms with E-state index in [2.05, 4.69) is 10.4 Å². The summed E-state index contributed by atoms with van der Waals surface area (Å²) >= 11 is 0. The molecule has 0 aliphatic carbocycles. The summed E-state index contributed by atoms with van der Waals surface area (Å²) in [5, 5.41) is 5.88. The van der Waals surface area contributed by atoms with Crippen LogP contribution in [0.3, 0.4) is 0 Å². The summed E-state index contributed by atoms with van der Waals surface area (Å²) in [5.41, 5.74) is -1.41. The number of nitrogens with one attached hydrogen (secondary N) is 1. The summed E-state index contributed by atoms with van der Waals surface area (Å²) in [6.07, 6.45) is -3.28. The monoisotopic (exact) mass is 353 g/mol. The fraction of sp³-hybridized carbons (Fsp3) is 0.133. The highest BCUT2D eigenvalue weighted by Gasteiger charge is 2.33. The predicted octanol–water partition coefficient (Wildman–Crippen LogP) is 2.75. The molecule has 0 bridgehead atoms. The van der Waals surface area contributed by atoms with E-state index in [4.69, 9.17) is 8.83 Å². The topological polar surface area (TPSA) is 90.3 Å². The fourth-order valence-electron chi connectivity index (χ4n) is 2.07. The third-order valence-electron chi connectivity index (χ3n) is 3.14. The number of hydrogen-bond acceptors (Lipinski definition) is 5. The first-order chi connectivity index (χ1) is 11.8. The van der Waals surface area contributed by atoms with Crippen LogP contribution in [0.5, 0.6) is 0 Å². The summed E-state index contributed by atoms with van der Waals surface area (Å²) in [6, 6.07) is 7.55. The average molecular weight is 353 g/mol. The van der Waals surface area contributed by atoms with Gasteiger partial charge in [0.2, 0.25) is 5.91 Å². The highest BCUT2D eigenvalue weighted by molar-refractivity contribution is 5.91. The SMILES string of the molecule is O=C(Cn1nc(-c2ccco2)oc1=O)Nc1ccccc1C(F)(F)F. The quantitative estimate of drug-likeness (QED) is 0.779. The molecule has 25 heavy (non-hydrogen) atoms. The maximum absolute atomic E-state index is 12.9. The number of rotatable bonds is 4. The molecule has 0 fully saturated rings. The van der Waals surface area contributed by atoms with Crippen LogP contribution in [-0.2, 0) is 17.5 Å². The van der Waals surface area contributed by atoms with Crippen LogP contribution in [0, 0.1) is 0 Å². The van der Waals surface area contributed by atoms with Gasteiger partial charge in [-0.2, -0.15) is 17.9 Å². The zero-order valence-corrected chi connectivity index (χ0v) is 12.4. The normalized spacial score (nSPS) is 11.5. The molecule has 0 radical (unpaired) electrons. The summed E-state index contributed by atoms with van der Waals surface area (Å²) < 4.78 is 49.2. The Morgan fingerprint density at radius 1 is 1.20 bits per heavy atom. The molecule has 1 N–H and O–H groups in total. The van der Waals surface area contributed by atoms with Crippen molar-refractivity contribution in [3.8, 4) is 11.7 Å². The maximum Gasteiger partial charge on any atom is 0.437 e. The largest absolute Gasteiger partial charge is 0.459 e. The Bertz CT molecular complexity index is 942. The van der Waals surface area contributed by atoms with Gasteiger partial charge in [0.1, 0.15) is 6.54 Å². The van der Waals surface area contributed by atoms with Crippen LogP contribution < -0.4 is 11.1 Å². The number of nitrogens with zero attached hydrogens (tertiary/aromatic N) is 2. The molecule has 130 valence electrons. The lowest BCUT2D eigenvalue weighted by Crippen LogP contribution is -2.26. The van der Waals surface area contributed by atoms with Gasteiger partial charge >= 0.3 is 11.9 Å². The van der Waals surface area contributed by atoms with Crippen molar-refractivity contribution in [3.63, 3.8) is 0 Å². The Labute approximate surface area is 137 Å². The molecular formula is C15H10F3N3O4. The van der Waals surface area contributed by atoms with Gasteiger partial charge in [0.15, 0.2) is 5.76 Å². The number of anilines is 1. The van der Waals surface area contributed by atoms with Crippen LogP contribution in [0.4, 0.5) is 18.9 Å². The Hall–Kier alpha value is -3.30. The molecular weight excluding hydrogens is 343 g/mol. The van der Waals surface area contributed by atoms with Crippen molar-refractivity contribution in [2.75, 3.05) is 5.32 Å². The Balaban J connectivity index is 1.77. The van der Waals surface area contributed by atoms with Crippen molar-refractivity contribution < 1.29 is 26.8 Å². The highest BCUT2D eigenvalue weighted by atomic mass is 19.4. The maximum atomic E-state index is 12.9. The third-order valence-corrected chi connectivity index (χ3v) is 3.14. The molecule has 0 aliphatic rings. The van der Waals surface area contributed by atoms with Crippen LogP contribution in [0.25, 0.3) is 11.7 Å². The van der Waals surface area contributed by atoms with E-state index in [0.717, 1.165) is 12.1 Å². The second-order valence-electron chi connectivity index (χ2n) is 4.90. The smallest absolute Gasteiger partial charge is 0.437 e. The molecule has 0 atom stereocenters. The van der Waals surface area contributed by atoms with Gasteiger partial charge in [-0.1, -0.05) is 12.1 Å². The zero-order chi connectivity index (χ0) is 18.0. The average Bonchev–Trinajstić information content (AvgIpc) is 3.17. The highest BCUT2D eigenvalue weighted by Crippen LogP contribution is 2.34. The zero-order valence-electron chi connectivity index (χ0n) is 12.4. The van der Waals surface area contributed by atoms with Gasteiger partial charge in [0.05, 0.1) is 17.5 Å². The predicted molar refractivity (Wildman–Crippen MR) is 78.5 cm³/mol. The summed E-state index contributed by atoms with van der Waals surface area (Å²) in [6.45, 7) is -0.616. The number of carbonyl (C=O) groups is 1. The number of amides is 1. The van der Waals surface area contributed by atoms with Crippen LogP contribution >= 0.6 is 0 Å². The van der Waals surface area contributed by atoms with Crippen molar-refractivity contribution in [1.82, 2.24) is 9.78 Å². The van der Waals surface area contributed by atoms with Crippen molar-refractivity contribution in [3.05, 3.63) is 58.8 Å². The molecule has 10 heteroatoms. The van der Waals surface area contributed by atoms with E-state index in [-0.39, 0.29) is 11.7 Å². The van der Waals surface area contributed by atoms with Gasteiger partial charge < -0.3 is 14.2 Å². The molecule has 7 nitrogen and oxygen atoms in total. The molecule has 0 spiro atoms. The van der Waals surface area contributed by atoms with Crippen molar-refractivity contribution >= 4 is 11.6 Å². The van der Waals surface area contributed by atoms with E-state index in [0.29, 0.717) is 4.68 Å². The minimum atomic E-state index is -4.62. The third kappa shape index (κ3) is 3.62. The van der Waals surface area contributed by atoms with Crippen molar-refractivity contribution in [1.29, 1.82) is 0 Å². The van der Waals surface area contributed by atoms with Crippen LogP contribution in [0.1, 0.15) is 5.56 Å². The van der Waals surface area contributed by atoms with Gasteiger partial charge in [0, 0.05) is 0 Å². The first-order valence-corrected chi connectivity index (χ1v) is 6.92. The molecule has 1 aromatic carbocycles. The number of para-hydroxylation sites is 1. The molecule has 0 aliphatic heterocycles. The lowest BCUT2D eigenvalue weighted by atomic mass is 10.1. The van der Waals surface area contributed by atoms with Gasteiger partial charge in [0.25, 0.3) is 5.89 Å². The molecule has 2 heterocycles. The van der Waals surface area contributed by atoms with Crippen LogP contribution in [-0.4, -0.2) is 15.7 Å². The molecule has 3 rings (SSSR count). The van der Waals surface area contributed by atoms with E-state index in [1.54, 1.807) is 6.07 Å². The molecule has 0 saturated carbocycles. The van der Waals surface area contributed by atoms with E-state index in [1.807, 2.05) is 0 Å². The number of alkyl halides is 3. The first-order valence-electron chi connectivity index (χ1n) is 6.92. The second-order valence-corrected chi connectivity index (χ2v) is 4.90. The van der Waals surface area contributed by atoms with Crippen LogP contribution in [0.2, 0.25) is 0 Å². The fourth-order valence-corrected chi connectivity index (χ4v) is 2.07. The van der Waals surface area contributed by atoms with Gasteiger partial charge in [-0.3, -0.25) is 4.79 Å². The number of benzene rings is 1. The summed E-state index contributed by atoms with van der Waals surface area (Å²) in [4.78, 5) is 23.6. The summed E-state index contributed by atoms with van der Waals surface area (Å²) in [5.74, 6) is -1.76. The van der Waals surface area contributed by atoms with E-state index < -0.39 is 35.6 Å². The van der Waals surface area contributed by atoms with Crippen molar-refractivity contribution in [2.45, 2.75) is 12.7 Å². The van der Waals surface area contributed by atoms with Gasteiger partial charge in [-0.05, 0) is 24.3 Å². The molecule has 2 aromatic heterocycles. The summed E-state index contributed by atoms with van der Waals surface area (Å²) in [7, 11) is 0. The number of carbonyl (C=O) groups excluding carboxylic acids is 1. The Kier molecular flexibility index (Phi) is 4.17. The molecule has 1 amide bonds. The standard InChI is InChI=1S/C15H10F3N3O4/c16-15(17,18)9-4-1-2-5-10(9)19-12(22)8-21-14(23)25-13(20-21)11-6-3-7-24-11/h1-7H,8H2,(H,19,22). The van der Waals surface area contributed by atoms with E-state index >= 15 is 0 Å². The minimum absolute atomic E-state index is 0.140. The Morgan fingerprint density at radius 3 is 2.64 bits per heavy atom.